The number of alkyl halides is 3. The maximum Gasteiger partial charge on any atom is 0.416 e. The number of anilines is 2. The number of benzene rings is 3. The van der Waals surface area contributed by atoms with Gasteiger partial charge in [-0.2, -0.15) is 13.2 Å². The quantitative estimate of drug-likeness (QED) is 0.336. The summed E-state index contributed by atoms with van der Waals surface area (Å²) in [6, 6.07) is 14.4. The summed E-state index contributed by atoms with van der Waals surface area (Å²) < 4.78 is 55.7. The van der Waals surface area contributed by atoms with Crippen LogP contribution in [0.2, 0.25) is 0 Å². The van der Waals surface area contributed by atoms with E-state index >= 15 is 0 Å². The van der Waals surface area contributed by atoms with E-state index in [0.717, 1.165) is 12.1 Å². The standard InChI is InChI=1S/C21H13BrF3N3O3/c22-15-7-11(21(23,24)25)8-16-19(15)28-20(27-16)26-12-1-3-13(4-2-12)31-14-5-6-17-18(9-14)30-10-29-17/h1-9H,10H2,(H2,26,27,28). The zero-order valence-electron chi connectivity index (χ0n) is 15.6. The summed E-state index contributed by atoms with van der Waals surface area (Å²) in [5.41, 5.74) is 0.599. The highest BCUT2D eigenvalue weighted by Crippen LogP contribution is 2.37. The fourth-order valence-corrected chi connectivity index (χ4v) is 3.67. The minimum Gasteiger partial charge on any atom is -0.457 e. The van der Waals surface area contributed by atoms with Crippen LogP contribution < -0.4 is 19.5 Å². The molecule has 0 aliphatic carbocycles. The van der Waals surface area contributed by atoms with Crippen molar-refractivity contribution < 1.29 is 27.4 Å². The molecule has 6 nitrogen and oxygen atoms in total. The minimum atomic E-state index is -4.44. The summed E-state index contributed by atoms with van der Waals surface area (Å²) in [4.78, 5) is 7.18. The molecule has 1 aromatic heterocycles. The molecule has 10 heteroatoms. The summed E-state index contributed by atoms with van der Waals surface area (Å²) in [6.07, 6.45) is -4.44. The number of H-pyrrole nitrogens is 1. The Kier molecular flexibility index (Phi) is 4.66. The van der Waals surface area contributed by atoms with Crippen molar-refractivity contribution in [2.24, 2.45) is 0 Å². The molecule has 0 saturated heterocycles. The second-order valence-corrected chi connectivity index (χ2v) is 7.56. The van der Waals surface area contributed by atoms with Gasteiger partial charge < -0.3 is 24.5 Å². The molecular weight excluding hydrogens is 479 g/mol. The van der Waals surface area contributed by atoms with Gasteiger partial charge in [-0.05, 0) is 64.5 Å². The normalized spacial score (nSPS) is 12.9. The maximum absolute atomic E-state index is 13.0. The first kappa shape index (κ1) is 19.6. The lowest BCUT2D eigenvalue weighted by Crippen LogP contribution is -2.04. The predicted molar refractivity (Wildman–Crippen MR) is 111 cm³/mol. The zero-order valence-corrected chi connectivity index (χ0v) is 17.2. The summed E-state index contributed by atoms with van der Waals surface area (Å²) in [5.74, 6) is 2.82. The van der Waals surface area contributed by atoms with Crippen LogP contribution >= 0.6 is 15.9 Å². The molecule has 0 unspecified atom stereocenters. The fraction of sp³-hybridized carbons (Fsp3) is 0.0952. The summed E-state index contributed by atoms with van der Waals surface area (Å²) in [7, 11) is 0. The highest BCUT2D eigenvalue weighted by molar-refractivity contribution is 9.10. The smallest absolute Gasteiger partial charge is 0.416 e. The highest BCUT2D eigenvalue weighted by Gasteiger charge is 2.31. The second-order valence-electron chi connectivity index (χ2n) is 6.70. The van der Waals surface area contributed by atoms with Gasteiger partial charge in [0.25, 0.3) is 0 Å². The molecule has 2 heterocycles. The number of nitrogens with one attached hydrogen (secondary N) is 2. The SMILES string of the molecule is FC(F)(F)c1cc(Br)c2nc(Nc3ccc(Oc4ccc5c(c4)OCO5)cc3)[nH]c2c1. The third-order valence-corrected chi connectivity index (χ3v) is 5.17. The van der Waals surface area contributed by atoms with Gasteiger partial charge in [0.05, 0.1) is 11.1 Å². The van der Waals surface area contributed by atoms with Gasteiger partial charge in [0.15, 0.2) is 11.5 Å². The third-order valence-electron chi connectivity index (χ3n) is 4.56. The lowest BCUT2D eigenvalue weighted by molar-refractivity contribution is -0.137. The largest absolute Gasteiger partial charge is 0.457 e. The number of halogens is 4. The number of aromatic nitrogens is 2. The molecule has 0 radical (unpaired) electrons. The van der Waals surface area contributed by atoms with E-state index in [4.69, 9.17) is 14.2 Å². The molecule has 31 heavy (non-hydrogen) atoms. The van der Waals surface area contributed by atoms with Crippen LogP contribution in [0, 0.1) is 0 Å². The van der Waals surface area contributed by atoms with E-state index in [1.165, 1.54) is 0 Å². The van der Waals surface area contributed by atoms with Crippen molar-refractivity contribution in [3.63, 3.8) is 0 Å². The van der Waals surface area contributed by atoms with E-state index in [1.54, 1.807) is 42.5 Å². The molecule has 4 aromatic rings. The van der Waals surface area contributed by atoms with Crippen LogP contribution in [0.3, 0.4) is 0 Å². The molecule has 0 spiro atoms. The van der Waals surface area contributed by atoms with Crippen molar-refractivity contribution in [3.05, 3.63) is 64.6 Å². The number of rotatable bonds is 4. The fourth-order valence-electron chi connectivity index (χ4n) is 3.12. The predicted octanol–water partition coefficient (Wildman–Crippen LogP) is 6.61. The molecule has 0 atom stereocenters. The topological polar surface area (TPSA) is 68.4 Å². The van der Waals surface area contributed by atoms with Crippen LogP contribution in [0.5, 0.6) is 23.0 Å². The Labute approximate surface area is 182 Å². The summed E-state index contributed by atoms with van der Waals surface area (Å²) in [6.45, 7) is 0.190. The molecule has 1 aliphatic rings. The van der Waals surface area contributed by atoms with Gasteiger partial charge >= 0.3 is 6.18 Å². The van der Waals surface area contributed by atoms with E-state index in [-0.39, 0.29) is 16.8 Å². The van der Waals surface area contributed by atoms with Crippen molar-refractivity contribution in [1.82, 2.24) is 9.97 Å². The monoisotopic (exact) mass is 491 g/mol. The van der Waals surface area contributed by atoms with E-state index in [0.29, 0.717) is 40.2 Å². The molecule has 158 valence electrons. The number of hydrogen-bond acceptors (Lipinski definition) is 5. The highest BCUT2D eigenvalue weighted by atomic mass is 79.9. The van der Waals surface area contributed by atoms with Gasteiger partial charge in [-0.25, -0.2) is 4.98 Å². The number of fused-ring (bicyclic) bond motifs is 2. The molecular formula is C21H13BrF3N3O3. The molecule has 0 fully saturated rings. The van der Waals surface area contributed by atoms with Crippen LogP contribution in [0.4, 0.5) is 24.8 Å². The Balaban J connectivity index is 1.32. The second kappa shape index (κ2) is 7.38. The van der Waals surface area contributed by atoms with Crippen molar-refractivity contribution in [1.29, 1.82) is 0 Å². The number of hydrogen-bond donors (Lipinski definition) is 2. The third kappa shape index (κ3) is 3.98. The maximum atomic E-state index is 13.0. The molecule has 0 bridgehead atoms. The Morgan fingerprint density at radius 1 is 0.968 bits per heavy atom. The number of ether oxygens (including phenoxy) is 3. The Hall–Kier alpha value is -3.40. The van der Waals surface area contributed by atoms with Crippen molar-refractivity contribution in [3.8, 4) is 23.0 Å². The van der Waals surface area contributed by atoms with Crippen LogP contribution in [-0.2, 0) is 6.18 Å². The molecule has 5 rings (SSSR count). The van der Waals surface area contributed by atoms with Gasteiger partial charge in [-0.1, -0.05) is 0 Å². The van der Waals surface area contributed by atoms with Gasteiger partial charge in [-0.15, -0.1) is 0 Å². The van der Waals surface area contributed by atoms with Crippen LogP contribution in [0.25, 0.3) is 11.0 Å². The van der Waals surface area contributed by atoms with Crippen LogP contribution in [-0.4, -0.2) is 16.8 Å². The van der Waals surface area contributed by atoms with E-state index in [9.17, 15) is 13.2 Å². The first-order chi connectivity index (χ1) is 14.8. The molecule has 2 N–H and O–H groups in total. The number of nitrogens with zero attached hydrogens (tertiary/aromatic N) is 1. The van der Waals surface area contributed by atoms with Crippen molar-refractivity contribution in [2.75, 3.05) is 12.1 Å². The van der Waals surface area contributed by atoms with E-state index < -0.39 is 11.7 Å². The molecule has 0 saturated carbocycles. The summed E-state index contributed by atoms with van der Waals surface area (Å²) in [5, 5.41) is 3.04. The lowest BCUT2D eigenvalue weighted by atomic mass is 10.2. The Morgan fingerprint density at radius 3 is 2.48 bits per heavy atom. The average molecular weight is 492 g/mol. The van der Waals surface area contributed by atoms with Gasteiger partial charge in [0.2, 0.25) is 12.7 Å². The Bertz CT molecular complexity index is 1270. The van der Waals surface area contributed by atoms with Crippen molar-refractivity contribution >= 4 is 38.6 Å². The van der Waals surface area contributed by atoms with E-state index in [2.05, 4.69) is 31.2 Å². The molecule has 1 aliphatic heterocycles. The van der Waals surface area contributed by atoms with Gasteiger partial charge in [0, 0.05) is 16.2 Å². The average Bonchev–Trinajstić information content (AvgIpc) is 3.35. The first-order valence-electron chi connectivity index (χ1n) is 9.06. The van der Waals surface area contributed by atoms with E-state index in [1.807, 2.05) is 0 Å². The van der Waals surface area contributed by atoms with Crippen LogP contribution in [0.15, 0.2) is 59.1 Å². The minimum absolute atomic E-state index is 0.190. The number of imidazole rings is 1. The molecule has 3 aromatic carbocycles. The van der Waals surface area contributed by atoms with Crippen LogP contribution in [0.1, 0.15) is 5.56 Å². The lowest BCUT2D eigenvalue weighted by Gasteiger charge is -2.08. The zero-order chi connectivity index (χ0) is 21.6. The van der Waals surface area contributed by atoms with Gasteiger partial charge in [0.1, 0.15) is 17.0 Å². The Morgan fingerprint density at radius 2 is 1.71 bits per heavy atom. The van der Waals surface area contributed by atoms with Crippen molar-refractivity contribution in [2.45, 2.75) is 6.18 Å². The first-order valence-corrected chi connectivity index (χ1v) is 9.85. The summed E-state index contributed by atoms with van der Waals surface area (Å²) >= 11 is 3.15. The number of aromatic amines is 1. The molecule has 0 amide bonds. The van der Waals surface area contributed by atoms with Gasteiger partial charge in [-0.3, -0.25) is 0 Å².